The fourth-order valence-electron chi connectivity index (χ4n) is 2.25. The lowest BCUT2D eigenvalue weighted by Gasteiger charge is -2.12. The van der Waals surface area contributed by atoms with E-state index in [1.807, 2.05) is 20.8 Å². The maximum Gasteiger partial charge on any atom is 0.331 e. The minimum atomic E-state index is -0.673. The van der Waals surface area contributed by atoms with Crippen LogP contribution in [0.4, 0.5) is 5.88 Å². The molecule has 0 bridgehead atoms. The molecule has 1 aromatic heterocycles. The molecule has 2 rings (SSSR count). The molecule has 150 valence electrons. The molecular formula is C20H24N2O6. The molecule has 0 aliphatic rings. The van der Waals surface area contributed by atoms with Crippen molar-refractivity contribution < 1.29 is 28.3 Å². The van der Waals surface area contributed by atoms with Crippen molar-refractivity contribution in [2.45, 2.75) is 26.2 Å². The summed E-state index contributed by atoms with van der Waals surface area (Å²) in [5.41, 5.74) is 1.14. The van der Waals surface area contributed by atoms with Crippen LogP contribution in [0.2, 0.25) is 0 Å². The highest BCUT2D eigenvalue weighted by Gasteiger charge is 2.19. The topological polar surface area (TPSA) is 99.9 Å². The summed E-state index contributed by atoms with van der Waals surface area (Å²) < 4.78 is 20.5. The van der Waals surface area contributed by atoms with E-state index in [2.05, 4.69) is 10.5 Å². The summed E-state index contributed by atoms with van der Waals surface area (Å²) >= 11 is 0. The highest BCUT2D eigenvalue weighted by atomic mass is 16.5. The average molecular weight is 388 g/mol. The number of benzene rings is 1. The molecule has 28 heavy (non-hydrogen) atoms. The number of anilines is 1. The van der Waals surface area contributed by atoms with Gasteiger partial charge in [0.05, 0.1) is 19.9 Å². The molecular weight excluding hydrogens is 364 g/mol. The van der Waals surface area contributed by atoms with Crippen LogP contribution in [-0.4, -0.2) is 37.9 Å². The zero-order valence-corrected chi connectivity index (χ0v) is 16.6. The molecule has 0 unspecified atom stereocenters. The first kappa shape index (κ1) is 21.0. The summed E-state index contributed by atoms with van der Waals surface area (Å²) in [6.45, 7) is 5.47. The van der Waals surface area contributed by atoms with Crippen molar-refractivity contribution >= 4 is 23.8 Å². The van der Waals surface area contributed by atoms with E-state index in [0.29, 0.717) is 22.8 Å². The van der Waals surface area contributed by atoms with Gasteiger partial charge in [-0.1, -0.05) is 38.1 Å². The van der Waals surface area contributed by atoms with Crippen molar-refractivity contribution in [3.63, 3.8) is 0 Å². The number of carbonyl (C=O) groups is 2. The molecule has 0 radical (unpaired) electrons. The Kier molecular flexibility index (Phi) is 6.81. The van der Waals surface area contributed by atoms with Crippen LogP contribution < -0.4 is 14.8 Å². The molecule has 0 saturated heterocycles. The second kappa shape index (κ2) is 9.07. The number of rotatable bonds is 7. The molecule has 1 N–H and O–H groups in total. The molecule has 8 nitrogen and oxygen atoms in total. The molecule has 0 spiro atoms. The van der Waals surface area contributed by atoms with Crippen LogP contribution in [-0.2, 0) is 19.7 Å². The first-order valence-electron chi connectivity index (χ1n) is 8.57. The molecule has 2 aromatic rings. The van der Waals surface area contributed by atoms with Crippen LogP contribution in [0.25, 0.3) is 6.08 Å². The third-order valence-corrected chi connectivity index (χ3v) is 3.72. The second-order valence-electron chi connectivity index (χ2n) is 6.90. The Hall–Kier alpha value is -3.29. The second-order valence-corrected chi connectivity index (χ2v) is 6.90. The van der Waals surface area contributed by atoms with Crippen LogP contribution in [0, 0.1) is 0 Å². The predicted molar refractivity (Wildman–Crippen MR) is 103 cm³/mol. The summed E-state index contributed by atoms with van der Waals surface area (Å²) in [6, 6.07) is 6.90. The van der Waals surface area contributed by atoms with E-state index >= 15 is 0 Å². The van der Waals surface area contributed by atoms with Crippen LogP contribution >= 0.6 is 0 Å². The number of ether oxygens (including phenoxy) is 3. The smallest absolute Gasteiger partial charge is 0.331 e. The number of amides is 1. The number of aromatic nitrogens is 1. The number of carbonyl (C=O) groups excluding carboxylic acids is 2. The van der Waals surface area contributed by atoms with Crippen LogP contribution in [0.1, 0.15) is 32.0 Å². The molecule has 8 heteroatoms. The molecule has 0 atom stereocenters. The number of nitrogens with one attached hydrogen (secondary N) is 1. The minimum Gasteiger partial charge on any atom is -0.493 e. The third-order valence-electron chi connectivity index (χ3n) is 3.72. The summed E-state index contributed by atoms with van der Waals surface area (Å²) in [5.74, 6) is 0.0266. The number of para-hydroxylation sites is 1. The number of nitrogens with zero attached hydrogens (tertiary/aromatic N) is 1. The van der Waals surface area contributed by atoms with E-state index in [9.17, 15) is 9.59 Å². The van der Waals surface area contributed by atoms with Gasteiger partial charge >= 0.3 is 5.97 Å². The van der Waals surface area contributed by atoms with Crippen LogP contribution in [0.5, 0.6) is 11.5 Å². The summed E-state index contributed by atoms with van der Waals surface area (Å²) in [5, 5.41) is 6.39. The monoisotopic (exact) mass is 388 g/mol. The zero-order valence-electron chi connectivity index (χ0n) is 16.6. The van der Waals surface area contributed by atoms with Crippen molar-refractivity contribution in [2.75, 3.05) is 26.1 Å². The number of methoxy groups -OCH3 is 2. The molecule has 0 saturated carbocycles. The quantitative estimate of drug-likeness (QED) is 0.574. The molecule has 1 aromatic carbocycles. The third kappa shape index (κ3) is 5.60. The average Bonchev–Trinajstić information content (AvgIpc) is 3.13. The lowest BCUT2D eigenvalue weighted by atomic mass is 9.92. The highest BCUT2D eigenvalue weighted by Crippen LogP contribution is 2.31. The van der Waals surface area contributed by atoms with Gasteiger partial charge in [0.2, 0.25) is 5.88 Å². The first-order chi connectivity index (χ1) is 13.2. The molecule has 1 heterocycles. The van der Waals surface area contributed by atoms with Crippen molar-refractivity contribution in [3.8, 4) is 11.5 Å². The van der Waals surface area contributed by atoms with Crippen molar-refractivity contribution in [3.05, 3.63) is 41.6 Å². The van der Waals surface area contributed by atoms with E-state index < -0.39 is 18.5 Å². The van der Waals surface area contributed by atoms with Crippen molar-refractivity contribution in [1.29, 1.82) is 0 Å². The first-order valence-corrected chi connectivity index (χ1v) is 8.57. The van der Waals surface area contributed by atoms with Gasteiger partial charge in [-0.15, -0.1) is 0 Å². The number of hydrogen-bond acceptors (Lipinski definition) is 7. The van der Waals surface area contributed by atoms with Crippen LogP contribution in [0.15, 0.2) is 34.9 Å². The summed E-state index contributed by atoms with van der Waals surface area (Å²) in [4.78, 5) is 23.8. The Morgan fingerprint density at radius 2 is 1.96 bits per heavy atom. The van der Waals surface area contributed by atoms with Gasteiger partial charge in [0.25, 0.3) is 5.91 Å². The van der Waals surface area contributed by atoms with E-state index in [1.165, 1.54) is 26.4 Å². The van der Waals surface area contributed by atoms with Gasteiger partial charge in [0.15, 0.2) is 18.1 Å². The Morgan fingerprint density at radius 1 is 1.21 bits per heavy atom. The SMILES string of the molecule is COc1cccc(/C=C/C(=O)OCC(=O)Nc2cc(C(C)(C)C)no2)c1OC. The van der Waals surface area contributed by atoms with E-state index in [1.54, 1.807) is 24.3 Å². The Labute approximate surface area is 163 Å². The largest absolute Gasteiger partial charge is 0.493 e. The Balaban J connectivity index is 1.89. The van der Waals surface area contributed by atoms with E-state index in [4.69, 9.17) is 18.7 Å². The van der Waals surface area contributed by atoms with Gasteiger partial charge in [-0.25, -0.2) is 4.79 Å². The van der Waals surface area contributed by atoms with Gasteiger partial charge < -0.3 is 18.7 Å². The Bertz CT molecular complexity index is 864. The van der Waals surface area contributed by atoms with Gasteiger partial charge in [0.1, 0.15) is 0 Å². The normalized spacial score (nSPS) is 11.3. The van der Waals surface area contributed by atoms with Crippen LogP contribution in [0.3, 0.4) is 0 Å². The number of hydrogen-bond donors (Lipinski definition) is 1. The zero-order chi connectivity index (χ0) is 20.7. The predicted octanol–water partition coefficient (Wildman–Crippen LogP) is 3.18. The Morgan fingerprint density at radius 3 is 2.57 bits per heavy atom. The van der Waals surface area contributed by atoms with E-state index in [-0.39, 0.29) is 11.3 Å². The number of esters is 1. The van der Waals surface area contributed by atoms with Gasteiger partial charge in [-0.05, 0) is 12.1 Å². The molecule has 0 aliphatic heterocycles. The lowest BCUT2D eigenvalue weighted by Crippen LogP contribution is -2.19. The fourth-order valence-corrected chi connectivity index (χ4v) is 2.25. The summed E-state index contributed by atoms with van der Waals surface area (Å²) in [7, 11) is 3.03. The summed E-state index contributed by atoms with van der Waals surface area (Å²) in [6.07, 6.45) is 2.73. The van der Waals surface area contributed by atoms with Gasteiger partial charge in [-0.2, -0.15) is 0 Å². The van der Waals surface area contributed by atoms with Gasteiger partial charge in [0, 0.05) is 23.1 Å². The fraction of sp³-hybridized carbons (Fsp3) is 0.350. The lowest BCUT2D eigenvalue weighted by molar-refractivity contribution is -0.142. The minimum absolute atomic E-state index is 0.197. The van der Waals surface area contributed by atoms with Gasteiger partial charge in [-0.3, -0.25) is 10.1 Å². The maximum atomic E-state index is 11.9. The highest BCUT2D eigenvalue weighted by molar-refractivity contribution is 5.94. The van der Waals surface area contributed by atoms with Crippen molar-refractivity contribution in [2.24, 2.45) is 0 Å². The molecule has 0 aliphatic carbocycles. The van der Waals surface area contributed by atoms with Crippen molar-refractivity contribution in [1.82, 2.24) is 5.16 Å². The standard InChI is InChI=1S/C20H24N2O6/c1-20(2,3)15-11-17(28-22-15)21-16(23)12-27-18(24)10-9-13-7-6-8-14(25-4)19(13)26-5/h6-11H,12H2,1-5H3,(H,21,23)/b10-9+. The van der Waals surface area contributed by atoms with E-state index in [0.717, 1.165) is 0 Å². The molecule has 1 amide bonds. The maximum absolute atomic E-state index is 11.9. The molecule has 0 fully saturated rings.